The predicted molar refractivity (Wildman–Crippen MR) is 162 cm³/mol. The van der Waals surface area contributed by atoms with Gasteiger partial charge in [0.2, 0.25) is 0 Å². The van der Waals surface area contributed by atoms with Gasteiger partial charge in [0, 0.05) is 32.7 Å². The van der Waals surface area contributed by atoms with Crippen molar-refractivity contribution in [1.29, 1.82) is 0 Å². The summed E-state index contributed by atoms with van der Waals surface area (Å²) < 4.78 is 16.9. The van der Waals surface area contributed by atoms with Crippen LogP contribution in [-0.4, -0.2) is 9.13 Å². The summed E-state index contributed by atoms with van der Waals surface area (Å²) in [5.41, 5.74) is 11.0. The fourth-order valence-corrected chi connectivity index (χ4v) is 7.00. The maximum absolute atomic E-state index is 6.07. The van der Waals surface area contributed by atoms with Crippen LogP contribution in [0.3, 0.4) is 0 Å². The minimum Gasteiger partial charge on any atom is -0.462 e. The number of furan rings is 2. The Labute approximate surface area is 227 Å². The van der Waals surface area contributed by atoms with Gasteiger partial charge in [0.15, 0.2) is 0 Å². The summed E-state index contributed by atoms with van der Waals surface area (Å²) >= 11 is 0. The minimum atomic E-state index is 0.886. The van der Waals surface area contributed by atoms with Crippen molar-refractivity contribution in [2.45, 2.75) is 0 Å². The summed E-state index contributed by atoms with van der Waals surface area (Å²) in [7, 11) is 0. The largest absolute Gasteiger partial charge is 0.462 e. The molecule has 0 atom stereocenters. The SMILES string of the molecule is c1ccc2c(-n3c4ccc5cccc6c5c4-c4c5c(cccc53)ccc4n6-c3coc4ccccc34)coc2c1. The highest BCUT2D eigenvalue weighted by atomic mass is 16.3. The molecule has 0 bridgehead atoms. The van der Waals surface area contributed by atoms with E-state index >= 15 is 0 Å². The molecule has 0 spiro atoms. The summed E-state index contributed by atoms with van der Waals surface area (Å²) in [6.07, 6.45) is 3.79. The molecule has 2 aliphatic rings. The summed E-state index contributed by atoms with van der Waals surface area (Å²) in [4.78, 5) is 0. The van der Waals surface area contributed by atoms with Gasteiger partial charge in [-0.3, -0.25) is 0 Å². The van der Waals surface area contributed by atoms with Crippen molar-refractivity contribution in [3.63, 3.8) is 0 Å². The number of benzene rings is 6. The second kappa shape index (κ2) is 7.13. The molecular weight excluding hydrogens is 492 g/mol. The second-order valence-corrected chi connectivity index (χ2v) is 10.6. The molecule has 0 aliphatic carbocycles. The van der Waals surface area contributed by atoms with Crippen molar-refractivity contribution in [2.24, 2.45) is 0 Å². The zero-order chi connectivity index (χ0) is 25.9. The third-order valence-electron chi connectivity index (χ3n) is 8.62. The number of nitrogens with zero attached hydrogens (tertiary/aromatic N) is 2. The molecule has 2 aliphatic heterocycles. The lowest BCUT2D eigenvalue weighted by atomic mass is 9.87. The monoisotopic (exact) mass is 512 g/mol. The van der Waals surface area contributed by atoms with Crippen molar-refractivity contribution in [3.05, 3.63) is 122 Å². The van der Waals surface area contributed by atoms with E-state index in [-0.39, 0.29) is 0 Å². The number of hydrogen-bond acceptors (Lipinski definition) is 2. The molecule has 6 aromatic carbocycles. The first kappa shape index (κ1) is 20.5. The smallest absolute Gasteiger partial charge is 0.136 e. The molecule has 0 saturated heterocycles. The molecule has 4 heteroatoms. The van der Waals surface area contributed by atoms with Crippen LogP contribution in [0.5, 0.6) is 0 Å². The van der Waals surface area contributed by atoms with Gasteiger partial charge in [0.05, 0.1) is 33.4 Å². The third-order valence-corrected chi connectivity index (χ3v) is 8.62. The Morgan fingerprint density at radius 3 is 1.38 bits per heavy atom. The van der Waals surface area contributed by atoms with Gasteiger partial charge in [-0.1, -0.05) is 60.7 Å². The molecule has 4 nitrogen and oxygen atoms in total. The Kier molecular flexibility index (Phi) is 3.65. The molecule has 0 fully saturated rings. The van der Waals surface area contributed by atoms with E-state index in [0.29, 0.717) is 0 Å². The van der Waals surface area contributed by atoms with Crippen LogP contribution in [0.4, 0.5) is 0 Å². The summed E-state index contributed by atoms with van der Waals surface area (Å²) in [6, 6.07) is 38.8. The highest BCUT2D eigenvalue weighted by Gasteiger charge is 2.28. The number of fused-ring (bicyclic) bond motifs is 2. The number of aromatic nitrogens is 2. The molecule has 40 heavy (non-hydrogen) atoms. The van der Waals surface area contributed by atoms with E-state index in [4.69, 9.17) is 8.83 Å². The molecular formula is C36H20N2O2. The quantitative estimate of drug-likeness (QED) is 0.171. The molecule has 0 saturated carbocycles. The van der Waals surface area contributed by atoms with Crippen LogP contribution in [-0.2, 0) is 0 Å². The normalized spacial score (nSPS) is 12.5. The molecule has 4 heterocycles. The Balaban J connectivity index is 1.51. The zero-order valence-electron chi connectivity index (χ0n) is 21.3. The molecule has 0 N–H and O–H groups in total. The summed E-state index contributed by atoms with van der Waals surface area (Å²) in [5.74, 6) is 0. The molecule has 0 unspecified atom stereocenters. The number of hydrogen-bond donors (Lipinski definition) is 0. The summed E-state index contributed by atoms with van der Waals surface area (Å²) in [6.45, 7) is 0. The van der Waals surface area contributed by atoms with Crippen molar-refractivity contribution >= 4 is 65.6 Å². The lowest BCUT2D eigenvalue weighted by Gasteiger charge is -2.28. The fraction of sp³-hybridized carbons (Fsp3) is 0. The first-order valence-corrected chi connectivity index (χ1v) is 13.5. The van der Waals surface area contributed by atoms with Gasteiger partial charge in [-0.05, 0) is 59.3 Å². The third kappa shape index (κ3) is 2.38. The molecule has 2 aromatic heterocycles. The van der Waals surface area contributed by atoms with Crippen LogP contribution in [0.15, 0.2) is 131 Å². The first-order valence-electron chi connectivity index (χ1n) is 13.5. The molecule has 8 aromatic rings. The average molecular weight is 513 g/mol. The van der Waals surface area contributed by atoms with E-state index in [9.17, 15) is 0 Å². The van der Waals surface area contributed by atoms with Gasteiger partial charge in [-0.25, -0.2) is 0 Å². The van der Waals surface area contributed by atoms with E-state index in [2.05, 4.69) is 94.1 Å². The molecule has 186 valence electrons. The van der Waals surface area contributed by atoms with E-state index in [1.54, 1.807) is 0 Å². The van der Waals surface area contributed by atoms with Crippen molar-refractivity contribution in [3.8, 4) is 22.5 Å². The van der Waals surface area contributed by atoms with Gasteiger partial charge < -0.3 is 18.0 Å². The zero-order valence-corrected chi connectivity index (χ0v) is 21.3. The van der Waals surface area contributed by atoms with Gasteiger partial charge in [0.25, 0.3) is 0 Å². The van der Waals surface area contributed by atoms with Gasteiger partial charge in [-0.2, -0.15) is 0 Å². The van der Waals surface area contributed by atoms with Gasteiger partial charge in [0.1, 0.15) is 23.7 Å². The van der Waals surface area contributed by atoms with E-state index in [1.165, 1.54) is 32.7 Å². The van der Waals surface area contributed by atoms with Crippen LogP contribution in [0.25, 0.3) is 88.1 Å². The van der Waals surface area contributed by atoms with Crippen molar-refractivity contribution in [1.82, 2.24) is 9.13 Å². The van der Waals surface area contributed by atoms with Crippen LogP contribution in [0, 0.1) is 0 Å². The van der Waals surface area contributed by atoms with E-state index < -0.39 is 0 Å². The van der Waals surface area contributed by atoms with E-state index in [0.717, 1.165) is 55.4 Å². The number of para-hydroxylation sites is 2. The van der Waals surface area contributed by atoms with Gasteiger partial charge in [-0.15, -0.1) is 0 Å². The Hall–Kier alpha value is -5.48. The highest BCUT2D eigenvalue weighted by molar-refractivity contribution is 6.26. The summed E-state index contributed by atoms with van der Waals surface area (Å²) in [5, 5.41) is 7.13. The first-order chi connectivity index (χ1) is 19.9. The molecule has 0 radical (unpaired) electrons. The van der Waals surface area contributed by atoms with Crippen LogP contribution < -0.4 is 0 Å². The maximum Gasteiger partial charge on any atom is 0.136 e. The van der Waals surface area contributed by atoms with Crippen molar-refractivity contribution < 1.29 is 8.83 Å². The fourth-order valence-electron chi connectivity index (χ4n) is 7.00. The number of rotatable bonds is 2. The Morgan fingerprint density at radius 2 is 0.875 bits per heavy atom. The predicted octanol–water partition coefficient (Wildman–Crippen LogP) is 9.92. The average Bonchev–Trinajstić information content (AvgIpc) is 3.63. The molecule has 0 amide bonds. The minimum absolute atomic E-state index is 0.886. The van der Waals surface area contributed by atoms with Gasteiger partial charge >= 0.3 is 0 Å². The number of pyridine rings is 2. The van der Waals surface area contributed by atoms with Crippen LogP contribution in [0.2, 0.25) is 0 Å². The Morgan fingerprint density at radius 1 is 0.400 bits per heavy atom. The Bertz CT molecular complexity index is 2370. The van der Waals surface area contributed by atoms with E-state index in [1.807, 2.05) is 36.8 Å². The topological polar surface area (TPSA) is 36.1 Å². The van der Waals surface area contributed by atoms with Crippen molar-refractivity contribution in [2.75, 3.05) is 0 Å². The lowest BCUT2D eigenvalue weighted by molar-refractivity contribution is 0.613. The highest BCUT2D eigenvalue weighted by Crippen LogP contribution is 2.50. The lowest BCUT2D eigenvalue weighted by Crippen LogP contribution is -2.09. The molecule has 10 rings (SSSR count). The second-order valence-electron chi connectivity index (χ2n) is 10.6. The standard InChI is InChI=1S/C36H20N2O2/c1-3-13-31-23(9-1)29(19-39-31)37-25-11-5-7-21-16-18-28-36(33(21)25)35-27(37)17-15-22-8-6-12-26(34(22)35)38(28)30-20-40-32-14-4-2-10-24(30)32/h1-20H. The maximum atomic E-state index is 6.07. The van der Waals surface area contributed by atoms with Crippen LogP contribution >= 0.6 is 0 Å². The van der Waals surface area contributed by atoms with Crippen LogP contribution in [0.1, 0.15) is 0 Å².